The first kappa shape index (κ1) is 27.3. The Labute approximate surface area is 250 Å². The number of amides is 1. The summed E-state index contributed by atoms with van der Waals surface area (Å²) in [7, 11) is 0. The van der Waals surface area contributed by atoms with Gasteiger partial charge in [0, 0.05) is 47.1 Å². The number of morpholine rings is 1. The molecule has 2 aromatic heterocycles. The molecule has 1 saturated heterocycles. The van der Waals surface area contributed by atoms with Gasteiger partial charge >= 0.3 is 0 Å². The lowest BCUT2D eigenvalue weighted by Gasteiger charge is -2.28. The van der Waals surface area contributed by atoms with E-state index in [1.165, 1.54) is 36.3 Å². The van der Waals surface area contributed by atoms with E-state index in [2.05, 4.69) is 41.0 Å². The van der Waals surface area contributed by atoms with Gasteiger partial charge in [0.2, 0.25) is 5.91 Å². The molecule has 7 rings (SSSR count). The minimum atomic E-state index is -0.385. The van der Waals surface area contributed by atoms with Crippen molar-refractivity contribution in [3.05, 3.63) is 94.5 Å². The maximum absolute atomic E-state index is 13.6. The molecule has 1 aliphatic heterocycles. The average Bonchev–Trinajstić information content (AvgIpc) is 3.39. The van der Waals surface area contributed by atoms with Crippen molar-refractivity contribution in [1.29, 1.82) is 0 Å². The summed E-state index contributed by atoms with van der Waals surface area (Å²) < 4.78 is 7.74. The monoisotopic (exact) mass is 574 g/mol. The second-order valence-corrected chi connectivity index (χ2v) is 11.6. The van der Waals surface area contributed by atoms with Gasteiger partial charge in [-0.2, -0.15) is 0 Å². The third-order valence-corrected chi connectivity index (χ3v) is 9.00. The first-order valence-electron chi connectivity index (χ1n) is 15.2. The van der Waals surface area contributed by atoms with Crippen molar-refractivity contribution in [1.82, 2.24) is 14.5 Å². The molecule has 1 amide bonds. The summed E-state index contributed by atoms with van der Waals surface area (Å²) in [6.07, 6.45) is 6.02. The van der Waals surface area contributed by atoms with Crippen LogP contribution in [0.25, 0.3) is 44.3 Å². The molecule has 1 saturated carbocycles. The van der Waals surface area contributed by atoms with Crippen LogP contribution in [0.2, 0.25) is 0 Å². The molecular formula is C35H34N4O4. The number of hydrogen-bond donors (Lipinski definition) is 0. The molecule has 2 fully saturated rings. The largest absolute Gasteiger partial charge is 0.378 e. The summed E-state index contributed by atoms with van der Waals surface area (Å²) in [6, 6.07) is 25.4. The second-order valence-electron chi connectivity index (χ2n) is 11.6. The standard InChI is InChI=1S/C35H34N4O4/c40-33(37-17-19-43-20-18-37)23-38-32-12-5-4-11-29(32)34(24-7-2-1-3-8-24)35(38)27-14-16-31-26(21-27)13-15-30(36-31)25-9-6-10-28(22-25)39(41)42/h4-6,9-16,21-22,24H,1-3,7-8,17-20,23H2. The highest BCUT2D eigenvalue weighted by atomic mass is 16.6. The van der Waals surface area contributed by atoms with E-state index in [1.54, 1.807) is 12.1 Å². The van der Waals surface area contributed by atoms with E-state index in [0.29, 0.717) is 43.5 Å². The molecule has 2 aliphatic rings. The molecular weight excluding hydrogens is 540 g/mol. The van der Waals surface area contributed by atoms with E-state index in [-0.39, 0.29) is 23.1 Å². The zero-order valence-electron chi connectivity index (χ0n) is 24.1. The molecule has 0 atom stereocenters. The Bertz CT molecular complexity index is 1830. The molecule has 8 nitrogen and oxygen atoms in total. The predicted molar refractivity (Wildman–Crippen MR) is 168 cm³/mol. The van der Waals surface area contributed by atoms with Crippen molar-refractivity contribution < 1.29 is 14.5 Å². The molecule has 0 N–H and O–H groups in total. The Morgan fingerprint density at radius 2 is 1.72 bits per heavy atom. The van der Waals surface area contributed by atoms with Crippen LogP contribution in [0.15, 0.2) is 78.9 Å². The summed E-state index contributed by atoms with van der Waals surface area (Å²) in [4.78, 5) is 31.3. The molecule has 8 heteroatoms. The minimum Gasteiger partial charge on any atom is -0.378 e. The summed E-state index contributed by atoms with van der Waals surface area (Å²) in [6.45, 7) is 2.68. The molecule has 5 aromatic rings. The van der Waals surface area contributed by atoms with Crippen LogP contribution < -0.4 is 0 Å². The van der Waals surface area contributed by atoms with Gasteiger partial charge in [-0.25, -0.2) is 4.98 Å². The molecule has 0 unspecified atom stereocenters. The highest BCUT2D eigenvalue weighted by Crippen LogP contribution is 2.44. The number of hydrogen-bond acceptors (Lipinski definition) is 5. The topological polar surface area (TPSA) is 90.5 Å². The molecule has 1 aliphatic carbocycles. The van der Waals surface area contributed by atoms with Crippen LogP contribution in [0.4, 0.5) is 5.69 Å². The van der Waals surface area contributed by atoms with Crippen LogP contribution in [0.1, 0.15) is 43.6 Å². The van der Waals surface area contributed by atoms with Crippen LogP contribution in [0, 0.1) is 10.1 Å². The zero-order valence-corrected chi connectivity index (χ0v) is 24.1. The number of rotatable bonds is 6. The number of benzene rings is 3. The van der Waals surface area contributed by atoms with E-state index in [9.17, 15) is 14.9 Å². The zero-order chi connectivity index (χ0) is 29.3. The van der Waals surface area contributed by atoms with E-state index in [0.717, 1.165) is 40.5 Å². The Kier molecular flexibility index (Phi) is 7.37. The van der Waals surface area contributed by atoms with E-state index >= 15 is 0 Å². The number of ether oxygens (including phenoxy) is 1. The van der Waals surface area contributed by atoms with Crippen molar-refractivity contribution in [2.24, 2.45) is 0 Å². The normalized spacial score (nSPS) is 16.1. The van der Waals surface area contributed by atoms with Crippen LogP contribution in [-0.2, 0) is 16.1 Å². The van der Waals surface area contributed by atoms with Crippen molar-refractivity contribution in [2.45, 2.75) is 44.6 Å². The first-order chi connectivity index (χ1) is 21.1. The van der Waals surface area contributed by atoms with Gasteiger partial charge in [-0.1, -0.05) is 61.7 Å². The summed E-state index contributed by atoms with van der Waals surface area (Å²) in [5.41, 5.74) is 6.91. The van der Waals surface area contributed by atoms with Gasteiger partial charge in [-0.3, -0.25) is 14.9 Å². The van der Waals surface area contributed by atoms with Crippen molar-refractivity contribution in [3.63, 3.8) is 0 Å². The highest BCUT2D eigenvalue weighted by Gasteiger charge is 2.28. The smallest absolute Gasteiger partial charge is 0.270 e. The van der Waals surface area contributed by atoms with E-state index in [1.807, 2.05) is 29.2 Å². The lowest BCUT2D eigenvalue weighted by Crippen LogP contribution is -2.42. The molecule has 218 valence electrons. The number of pyridine rings is 1. The lowest BCUT2D eigenvalue weighted by atomic mass is 9.82. The number of para-hydroxylation sites is 1. The van der Waals surface area contributed by atoms with E-state index < -0.39 is 0 Å². The number of nitrogens with zero attached hydrogens (tertiary/aromatic N) is 4. The second kappa shape index (κ2) is 11.6. The van der Waals surface area contributed by atoms with Gasteiger partial charge in [-0.15, -0.1) is 0 Å². The number of carbonyl (C=O) groups is 1. The van der Waals surface area contributed by atoms with Crippen molar-refractivity contribution in [2.75, 3.05) is 26.3 Å². The fourth-order valence-corrected chi connectivity index (χ4v) is 6.87. The quantitative estimate of drug-likeness (QED) is 0.156. The van der Waals surface area contributed by atoms with Gasteiger partial charge in [0.15, 0.2) is 0 Å². The van der Waals surface area contributed by atoms with Gasteiger partial charge in [0.25, 0.3) is 5.69 Å². The average molecular weight is 575 g/mol. The minimum absolute atomic E-state index is 0.0458. The SMILES string of the molecule is O=C(Cn1c(-c2ccc3nc(-c4cccc([N+](=O)[O-])c4)ccc3c2)c(C2CCCCC2)c2ccccc21)N1CCOCC1. The Morgan fingerprint density at radius 1 is 0.907 bits per heavy atom. The number of fused-ring (bicyclic) bond motifs is 2. The number of aromatic nitrogens is 2. The third kappa shape index (κ3) is 5.27. The maximum Gasteiger partial charge on any atom is 0.270 e. The van der Waals surface area contributed by atoms with Crippen LogP contribution in [0.5, 0.6) is 0 Å². The molecule has 3 heterocycles. The lowest BCUT2D eigenvalue weighted by molar-refractivity contribution is -0.384. The summed E-state index contributed by atoms with van der Waals surface area (Å²) in [5, 5.41) is 13.5. The van der Waals surface area contributed by atoms with Gasteiger partial charge in [0.1, 0.15) is 6.54 Å². The number of non-ortho nitro benzene ring substituents is 1. The highest BCUT2D eigenvalue weighted by molar-refractivity contribution is 5.96. The Hall–Kier alpha value is -4.56. The predicted octanol–water partition coefficient (Wildman–Crippen LogP) is 7.34. The number of carbonyl (C=O) groups excluding carboxylic acids is 1. The molecule has 3 aromatic carbocycles. The van der Waals surface area contributed by atoms with Gasteiger partial charge in [-0.05, 0) is 54.2 Å². The fourth-order valence-electron chi connectivity index (χ4n) is 6.87. The van der Waals surface area contributed by atoms with Crippen LogP contribution in [0.3, 0.4) is 0 Å². The molecule has 0 spiro atoms. The Morgan fingerprint density at radius 3 is 2.53 bits per heavy atom. The van der Waals surface area contributed by atoms with Crippen LogP contribution >= 0.6 is 0 Å². The third-order valence-electron chi connectivity index (χ3n) is 9.00. The Balaban J connectivity index is 1.35. The summed E-state index contributed by atoms with van der Waals surface area (Å²) in [5.74, 6) is 0.558. The summed E-state index contributed by atoms with van der Waals surface area (Å²) >= 11 is 0. The van der Waals surface area contributed by atoms with Gasteiger partial charge < -0.3 is 14.2 Å². The number of nitro benzene ring substituents is 1. The van der Waals surface area contributed by atoms with E-state index in [4.69, 9.17) is 9.72 Å². The first-order valence-corrected chi connectivity index (χ1v) is 15.2. The van der Waals surface area contributed by atoms with Crippen molar-refractivity contribution >= 4 is 33.4 Å². The molecule has 0 bridgehead atoms. The molecule has 43 heavy (non-hydrogen) atoms. The van der Waals surface area contributed by atoms with Crippen molar-refractivity contribution in [3.8, 4) is 22.5 Å². The maximum atomic E-state index is 13.6. The van der Waals surface area contributed by atoms with Gasteiger partial charge in [0.05, 0.1) is 35.0 Å². The number of nitro groups is 1. The fraction of sp³-hybridized carbons (Fsp3) is 0.314. The molecule has 0 radical (unpaired) electrons. The van der Waals surface area contributed by atoms with Crippen LogP contribution in [-0.4, -0.2) is 51.6 Å².